The summed E-state index contributed by atoms with van der Waals surface area (Å²) in [5.41, 5.74) is 1.15. The lowest BCUT2D eigenvalue weighted by Gasteiger charge is -2.17. The molecule has 0 fully saturated rings. The van der Waals surface area contributed by atoms with Crippen molar-refractivity contribution in [2.24, 2.45) is 0 Å². The number of pyridine rings is 1. The number of hydrogen-bond acceptors (Lipinski definition) is 5. The largest absolute Gasteiger partial charge is 0.494 e. The van der Waals surface area contributed by atoms with Crippen molar-refractivity contribution in [3.05, 3.63) is 54.2 Å². The molecule has 1 N–H and O–H groups in total. The predicted octanol–water partition coefficient (Wildman–Crippen LogP) is 4.63. The van der Waals surface area contributed by atoms with Crippen LogP contribution < -0.4 is 10.1 Å². The third kappa shape index (κ3) is 8.58. The van der Waals surface area contributed by atoms with Crippen molar-refractivity contribution in [1.82, 2.24) is 4.98 Å². The Morgan fingerprint density at radius 2 is 1.96 bits per heavy atom. The number of esters is 1. The lowest BCUT2D eigenvalue weighted by molar-refractivity contribution is -0.146. The van der Waals surface area contributed by atoms with E-state index in [-0.39, 0.29) is 12.1 Å². The predicted molar refractivity (Wildman–Crippen MR) is 108 cm³/mol. The molecule has 0 spiro atoms. The van der Waals surface area contributed by atoms with Crippen LogP contribution in [0.15, 0.2) is 48.7 Å². The Kier molecular flexibility index (Phi) is 9.18. The van der Waals surface area contributed by atoms with Crippen LogP contribution in [0.4, 0.5) is 5.82 Å². The molecule has 146 valence electrons. The highest BCUT2D eigenvalue weighted by atomic mass is 16.5. The normalized spacial score (nSPS) is 11.6. The van der Waals surface area contributed by atoms with Crippen LogP contribution in [0, 0.1) is 0 Å². The Morgan fingerprint density at radius 3 is 2.63 bits per heavy atom. The van der Waals surface area contributed by atoms with Gasteiger partial charge in [0, 0.05) is 26.1 Å². The average molecular weight is 370 g/mol. The van der Waals surface area contributed by atoms with E-state index in [1.807, 2.05) is 42.5 Å². The highest BCUT2D eigenvalue weighted by molar-refractivity contribution is 5.66. The number of unbranched alkanes of at least 4 members (excludes halogenated alkanes) is 1. The van der Waals surface area contributed by atoms with Crippen molar-refractivity contribution < 1.29 is 14.3 Å². The Balaban J connectivity index is 1.71. The van der Waals surface area contributed by atoms with Gasteiger partial charge in [-0.15, -0.1) is 0 Å². The van der Waals surface area contributed by atoms with Gasteiger partial charge in [-0.3, -0.25) is 4.79 Å². The van der Waals surface area contributed by atoms with Gasteiger partial charge < -0.3 is 14.8 Å². The Morgan fingerprint density at radius 1 is 1.15 bits per heavy atom. The van der Waals surface area contributed by atoms with E-state index in [1.165, 1.54) is 6.92 Å². The van der Waals surface area contributed by atoms with Crippen LogP contribution in [0.1, 0.15) is 45.1 Å². The molecule has 1 atom stereocenters. The summed E-state index contributed by atoms with van der Waals surface area (Å²) in [5.74, 6) is 1.52. The zero-order chi connectivity index (χ0) is 19.3. The number of carbonyl (C=O) groups excluding carboxylic acids is 1. The summed E-state index contributed by atoms with van der Waals surface area (Å²) in [4.78, 5) is 15.5. The third-order valence-electron chi connectivity index (χ3n) is 4.16. The fourth-order valence-electron chi connectivity index (χ4n) is 2.80. The monoisotopic (exact) mass is 370 g/mol. The van der Waals surface area contributed by atoms with Gasteiger partial charge in [0.15, 0.2) is 0 Å². The average Bonchev–Trinajstić information content (AvgIpc) is 2.67. The molecule has 1 aromatic heterocycles. The maximum Gasteiger partial charge on any atom is 0.302 e. The molecule has 0 saturated heterocycles. The molecule has 2 rings (SSSR count). The second kappa shape index (κ2) is 11.9. The molecule has 1 aromatic carbocycles. The van der Waals surface area contributed by atoms with Crippen molar-refractivity contribution in [2.75, 3.05) is 18.5 Å². The standard InChI is InChI=1S/C22H30N2O3/c1-3-4-8-21(27-18(2)25)17-19-10-12-20(13-11-19)26-16-7-15-24-22-9-5-6-14-23-22/h5-6,9-14,21H,3-4,7-8,15-17H2,1-2H3,(H,23,24). The number of anilines is 1. The van der Waals surface area contributed by atoms with E-state index in [4.69, 9.17) is 9.47 Å². The van der Waals surface area contributed by atoms with Crippen LogP contribution in [0.25, 0.3) is 0 Å². The molecule has 0 saturated carbocycles. The van der Waals surface area contributed by atoms with E-state index in [1.54, 1.807) is 6.20 Å². The van der Waals surface area contributed by atoms with E-state index in [2.05, 4.69) is 17.2 Å². The molecule has 0 aliphatic rings. The summed E-state index contributed by atoms with van der Waals surface area (Å²) in [5, 5.41) is 3.26. The number of nitrogens with one attached hydrogen (secondary N) is 1. The minimum Gasteiger partial charge on any atom is -0.494 e. The van der Waals surface area contributed by atoms with Crippen molar-refractivity contribution in [3.8, 4) is 5.75 Å². The first kappa shape index (κ1) is 20.7. The number of rotatable bonds is 12. The Labute approximate surface area is 162 Å². The highest BCUT2D eigenvalue weighted by Gasteiger charge is 2.12. The highest BCUT2D eigenvalue weighted by Crippen LogP contribution is 2.17. The zero-order valence-corrected chi connectivity index (χ0v) is 16.3. The van der Waals surface area contributed by atoms with Gasteiger partial charge in [-0.05, 0) is 42.7 Å². The zero-order valence-electron chi connectivity index (χ0n) is 16.3. The molecule has 2 aromatic rings. The molecular weight excluding hydrogens is 340 g/mol. The van der Waals surface area contributed by atoms with Gasteiger partial charge in [0.1, 0.15) is 17.7 Å². The molecule has 0 aliphatic heterocycles. The molecule has 1 heterocycles. The van der Waals surface area contributed by atoms with E-state index in [0.717, 1.165) is 55.8 Å². The first-order valence-corrected chi connectivity index (χ1v) is 9.71. The van der Waals surface area contributed by atoms with Crippen molar-refractivity contribution in [2.45, 2.75) is 52.1 Å². The number of hydrogen-bond donors (Lipinski definition) is 1. The molecule has 0 amide bonds. The molecule has 1 unspecified atom stereocenters. The fraction of sp³-hybridized carbons (Fsp3) is 0.455. The van der Waals surface area contributed by atoms with Gasteiger partial charge >= 0.3 is 5.97 Å². The van der Waals surface area contributed by atoms with Crippen molar-refractivity contribution >= 4 is 11.8 Å². The van der Waals surface area contributed by atoms with Gasteiger partial charge in [0.05, 0.1) is 6.61 Å². The van der Waals surface area contributed by atoms with Crippen molar-refractivity contribution in [3.63, 3.8) is 0 Å². The molecule has 27 heavy (non-hydrogen) atoms. The van der Waals surface area contributed by atoms with Gasteiger partial charge in [0.25, 0.3) is 0 Å². The summed E-state index contributed by atoms with van der Waals surface area (Å²) in [6, 6.07) is 13.9. The summed E-state index contributed by atoms with van der Waals surface area (Å²) >= 11 is 0. The number of carbonyl (C=O) groups is 1. The van der Waals surface area contributed by atoms with Gasteiger partial charge in [-0.1, -0.05) is 38.0 Å². The van der Waals surface area contributed by atoms with Crippen LogP contribution in [-0.2, 0) is 16.0 Å². The van der Waals surface area contributed by atoms with E-state index < -0.39 is 0 Å². The molecule has 5 heteroatoms. The van der Waals surface area contributed by atoms with Crippen LogP contribution in [0.2, 0.25) is 0 Å². The van der Waals surface area contributed by atoms with E-state index >= 15 is 0 Å². The SMILES string of the molecule is CCCCC(Cc1ccc(OCCCNc2ccccn2)cc1)OC(C)=O. The quantitative estimate of drug-likeness (QED) is 0.436. The second-order valence-electron chi connectivity index (χ2n) is 6.57. The van der Waals surface area contributed by atoms with Gasteiger partial charge in [-0.25, -0.2) is 4.98 Å². The topological polar surface area (TPSA) is 60.4 Å². The van der Waals surface area contributed by atoms with Gasteiger partial charge in [-0.2, -0.15) is 0 Å². The van der Waals surface area contributed by atoms with E-state index in [9.17, 15) is 4.79 Å². The minimum atomic E-state index is -0.213. The summed E-state index contributed by atoms with van der Waals surface area (Å²) in [6.45, 7) is 5.07. The molecule has 0 aliphatic carbocycles. The first-order chi connectivity index (χ1) is 13.2. The number of ether oxygens (including phenoxy) is 2. The number of nitrogens with zero attached hydrogens (tertiary/aromatic N) is 1. The number of aromatic nitrogens is 1. The Hall–Kier alpha value is -2.56. The number of benzene rings is 1. The summed E-state index contributed by atoms with van der Waals surface area (Å²) in [7, 11) is 0. The molecule has 0 radical (unpaired) electrons. The van der Waals surface area contributed by atoms with Crippen LogP contribution >= 0.6 is 0 Å². The summed E-state index contributed by atoms with van der Waals surface area (Å²) in [6.07, 6.45) is 6.42. The molecule has 0 bridgehead atoms. The maximum atomic E-state index is 11.3. The third-order valence-corrected chi connectivity index (χ3v) is 4.16. The van der Waals surface area contributed by atoms with E-state index in [0.29, 0.717) is 6.61 Å². The van der Waals surface area contributed by atoms with Crippen LogP contribution in [0.3, 0.4) is 0 Å². The Bertz CT molecular complexity index is 659. The fourth-order valence-corrected chi connectivity index (χ4v) is 2.80. The molecule has 5 nitrogen and oxygen atoms in total. The lowest BCUT2D eigenvalue weighted by atomic mass is 10.0. The van der Waals surface area contributed by atoms with Crippen LogP contribution in [-0.4, -0.2) is 30.2 Å². The molecular formula is C22H30N2O3. The minimum absolute atomic E-state index is 0.0492. The first-order valence-electron chi connectivity index (χ1n) is 9.71. The van der Waals surface area contributed by atoms with Crippen molar-refractivity contribution in [1.29, 1.82) is 0 Å². The van der Waals surface area contributed by atoms with Crippen LogP contribution in [0.5, 0.6) is 5.75 Å². The lowest BCUT2D eigenvalue weighted by Crippen LogP contribution is -2.19. The maximum absolute atomic E-state index is 11.3. The second-order valence-corrected chi connectivity index (χ2v) is 6.57. The summed E-state index contributed by atoms with van der Waals surface area (Å²) < 4.78 is 11.2. The van der Waals surface area contributed by atoms with Gasteiger partial charge in [0.2, 0.25) is 0 Å². The smallest absolute Gasteiger partial charge is 0.302 e.